The van der Waals surface area contributed by atoms with Crippen molar-refractivity contribution < 1.29 is 9.47 Å². The van der Waals surface area contributed by atoms with Crippen LogP contribution in [0.2, 0.25) is 20.1 Å². The third kappa shape index (κ3) is 21.3. The van der Waals surface area contributed by atoms with Gasteiger partial charge in [-0.3, -0.25) is 9.97 Å². The maximum absolute atomic E-state index is 12.8. The molecule has 0 saturated carbocycles. The molecule has 582 valence electrons. The minimum absolute atomic E-state index is 0.163. The lowest BCUT2D eigenvalue weighted by Gasteiger charge is -2.24. The van der Waals surface area contributed by atoms with E-state index >= 15 is 0 Å². The van der Waals surface area contributed by atoms with Gasteiger partial charge in [0, 0.05) is 22.2 Å². The van der Waals surface area contributed by atoms with Crippen LogP contribution in [0.3, 0.4) is 0 Å². The highest BCUT2D eigenvalue weighted by atomic mass is 35.5. The fourth-order valence-corrected chi connectivity index (χ4v) is 16.5. The number of benzene rings is 8. The summed E-state index contributed by atoms with van der Waals surface area (Å²) in [5.74, 6) is 1.42. The van der Waals surface area contributed by atoms with Gasteiger partial charge < -0.3 is 18.4 Å². The summed E-state index contributed by atoms with van der Waals surface area (Å²) in [6, 6.07) is 71.0. The van der Waals surface area contributed by atoms with E-state index in [0.717, 1.165) is 97.2 Å². The smallest absolute Gasteiger partial charge is 0.328 e. The molecule has 4 heterocycles. The second-order valence-electron chi connectivity index (χ2n) is 30.1. The number of nitriles is 2. The van der Waals surface area contributed by atoms with Gasteiger partial charge in [0.25, 0.3) is 0 Å². The van der Waals surface area contributed by atoms with E-state index in [2.05, 4.69) is 219 Å². The molecular weight excluding hydrogens is 1480 g/mol. The zero-order valence-electron chi connectivity index (χ0n) is 66.5. The van der Waals surface area contributed by atoms with Crippen molar-refractivity contribution in [1.82, 2.24) is 28.9 Å². The van der Waals surface area contributed by atoms with Crippen LogP contribution in [0.4, 0.5) is 0 Å². The number of allylic oxidation sites excluding steroid dienone is 2. The van der Waals surface area contributed by atoms with Crippen molar-refractivity contribution >= 4 is 126 Å². The molecule has 114 heavy (non-hydrogen) atoms. The molecule has 0 spiro atoms. The molecule has 2 unspecified atom stereocenters. The third-order valence-electron chi connectivity index (χ3n) is 21.7. The van der Waals surface area contributed by atoms with Crippen LogP contribution in [0.5, 0.6) is 11.5 Å². The van der Waals surface area contributed by atoms with E-state index in [4.69, 9.17) is 75.8 Å². The van der Waals surface area contributed by atoms with Crippen molar-refractivity contribution in [1.29, 1.82) is 10.5 Å². The van der Waals surface area contributed by atoms with E-state index in [9.17, 15) is 10.5 Å². The number of hydrogen-bond donors (Lipinski definition) is 0. The van der Waals surface area contributed by atoms with Crippen LogP contribution in [-0.2, 0) is 0 Å². The topological polar surface area (TPSA) is 127 Å². The lowest BCUT2D eigenvalue weighted by atomic mass is 9.50. The SMILES string of the molecule is CCCCCCCC/C=C\C(CCCCCCC)Oc1ccc(-c2c3/c(=C(/C#N)c4cnc5cc(Cl)c(Cl)cc5n4)n(B(c4ccccc4)c4ccccc4)c(-c4ccc(OC(/C=C\CCCCCCCC)CCCCCCC)cc4)c3/c(=C(/C#N)c3cnc4cc(Cl)c(Cl)cc4n3)n2B(c2ccccc2)c2ccccc2)cc1. The van der Waals surface area contributed by atoms with Crippen molar-refractivity contribution in [3.8, 4) is 46.2 Å². The minimum atomic E-state index is -0.672. The van der Waals surface area contributed by atoms with Crippen LogP contribution in [0, 0.1) is 22.7 Å². The molecule has 10 nitrogen and oxygen atoms in total. The number of unbranched alkanes of at least 4 members (excludes halogenated alkanes) is 20. The summed E-state index contributed by atoms with van der Waals surface area (Å²) in [5, 5.41) is 29.2. The van der Waals surface area contributed by atoms with Gasteiger partial charge in [-0.25, -0.2) is 9.97 Å². The second-order valence-corrected chi connectivity index (χ2v) is 31.7. The number of aromatic nitrogens is 6. The number of hydrogen-bond acceptors (Lipinski definition) is 8. The zero-order chi connectivity index (χ0) is 79.4. The van der Waals surface area contributed by atoms with E-state index in [-0.39, 0.29) is 34.7 Å². The Morgan fingerprint density at radius 3 is 1.00 bits per heavy atom. The van der Waals surface area contributed by atoms with Gasteiger partial charge >= 0.3 is 13.7 Å². The Morgan fingerprint density at radius 2 is 0.684 bits per heavy atom. The highest BCUT2D eigenvalue weighted by Crippen LogP contribution is 2.39. The second kappa shape index (κ2) is 43.2. The normalized spacial score (nSPS) is 12.7. The van der Waals surface area contributed by atoms with Crippen molar-refractivity contribution in [3.63, 3.8) is 0 Å². The van der Waals surface area contributed by atoms with E-state index in [1.54, 1.807) is 36.7 Å². The summed E-state index contributed by atoms with van der Waals surface area (Å²) in [6.45, 7) is 7.70. The highest BCUT2D eigenvalue weighted by Gasteiger charge is 2.38. The van der Waals surface area contributed by atoms with Gasteiger partial charge in [0.1, 0.15) is 58.4 Å². The quantitative estimate of drug-likeness (QED) is 0.0210. The van der Waals surface area contributed by atoms with E-state index in [1.807, 2.05) is 24.3 Å². The first-order chi connectivity index (χ1) is 56.0. The van der Waals surface area contributed by atoms with Gasteiger partial charge in [-0.1, -0.05) is 345 Å². The van der Waals surface area contributed by atoms with Gasteiger partial charge in [0.05, 0.1) is 65.2 Å². The molecule has 16 heteroatoms. The molecule has 0 fully saturated rings. The van der Waals surface area contributed by atoms with Crippen molar-refractivity contribution in [2.45, 2.75) is 207 Å². The molecule has 0 amide bonds. The van der Waals surface area contributed by atoms with Gasteiger partial charge in [0.2, 0.25) is 0 Å². The summed E-state index contributed by atoms with van der Waals surface area (Å²) >= 11 is 27.3. The Bertz CT molecular complexity index is 4980. The Kier molecular flexibility index (Phi) is 31.7. The highest BCUT2D eigenvalue weighted by molar-refractivity contribution is 6.85. The summed E-state index contributed by atoms with van der Waals surface area (Å²) in [7, 11) is 0. The first-order valence-corrected chi connectivity index (χ1v) is 43.2. The average Bonchev–Trinajstić information content (AvgIpc) is 1.52. The molecule has 0 aliphatic heterocycles. The van der Waals surface area contributed by atoms with Gasteiger partial charge in [-0.2, -0.15) is 10.5 Å². The maximum atomic E-state index is 12.8. The molecule has 2 atom stereocenters. The van der Waals surface area contributed by atoms with Crippen LogP contribution < -0.4 is 42.0 Å². The fourth-order valence-electron chi connectivity index (χ4n) is 15.8. The molecule has 12 rings (SSSR count). The van der Waals surface area contributed by atoms with E-state index in [0.29, 0.717) is 86.5 Å². The number of nitrogens with zero attached hydrogens (tertiary/aromatic N) is 8. The van der Waals surface area contributed by atoms with E-state index in [1.165, 1.54) is 103 Å². The molecule has 12 aromatic rings. The molecule has 8 aromatic carbocycles. The molecular formula is C98H104B2Cl4N8O2. The fraction of sp³-hybridized carbons (Fsp3) is 0.327. The number of rotatable bonds is 42. The van der Waals surface area contributed by atoms with Gasteiger partial charge in [-0.05, 0) is 147 Å². The molecule has 0 saturated heterocycles. The van der Waals surface area contributed by atoms with Crippen LogP contribution in [0.15, 0.2) is 231 Å². The number of ether oxygens (including phenoxy) is 2. The average molecular weight is 1590 g/mol. The van der Waals surface area contributed by atoms with Crippen molar-refractivity contribution in [3.05, 3.63) is 273 Å². The first kappa shape index (κ1) is 83.8. The molecule has 4 aromatic heterocycles. The molecule has 0 bridgehead atoms. The van der Waals surface area contributed by atoms with E-state index < -0.39 is 13.7 Å². The molecule has 0 radical (unpaired) electrons. The Balaban J connectivity index is 1.24. The Morgan fingerprint density at radius 1 is 0.386 bits per heavy atom. The van der Waals surface area contributed by atoms with Gasteiger partial charge in [-0.15, -0.1) is 0 Å². The van der Waals surface area contributed by atoms with Gasteiger partial charge in [0.15, 0.2) is 0 Å². The summed E-state index contributed by atoms with van der Waals surface area (Å²) < 4.78 is 19.0. The zero-order valence-corrected chi connectivity index (χ0v) is 69.6. The van der Waals surface area contributed by atoms with Crippen LogP contribution >= 0.6 is 46.4 Å². The summed E-state index contributed by atoms with van der Waals surface area (Å²) in [4.78, 5) is 20.8. The number of fused-ring (bicyclic) bond motifs is 3. The summed E-state index contributed by atoms with van der Waals surface area (Å²) in [6.07, 6.45) is 42.2. The number of halogens is 4. The Hall–Kier alpha value is -9.65. The Labute approximate surface area is 695 Å². The predicted molar refractivity (Wildman–Crippen MR) is 482 cm³/mol. The molecule has 0 aliphatic rings. The first-order valence-electron chi connectivity index (χ1n) is 41.7. The van der Waals surface area contributed by atoms with Crippen molar-refractivity contribution in [2.75, 3.05) is 0 Å². The lowest BCUT2D eigenvalue weighted by Crippen LogP contribution is -2.54. The standard InChI is InChI=1S/C98H104B2Cl4N8O2/c1-5-9-13-17-19-21-25-41-53-77(51-39-23-15-11-7-3)113-79-59-55-71(56-60-79)95-93-94(98(82(68-106)92-70-108-88-64-84(102)86(104)66-90(88)110-92)111(95)99(73-43-31-27-32-44-73)74-45-33-28-34-46-74)96(72-57-61-80(62-58-72)114-78(52-40-24-16-12-8-4)54-42-26-22-20-18-14-10-6-2)112(100(75-47-35-29-36-48-75)76-49-37-30-38-50-76)97(93)81(67-105)91-69-107-87-63-83(101)85(103)65-89(87)109-91/h27-38,41-50,53-66,69-70,77-78H,5-26,39-40,51-52H2,1-4H3/b53-41-,54-42-,97-81+,98-82+. The minimum Gasteiger partial charge on any atom is -0.486 e. The van der Waals surface area contributed by atoms with Crippen LogP contribution in [0.25, 0.3) is 66.5 Å². The monoisotopic (exact) mass is 1590 g/mol. The molecule has 0 aliphatic carbocycles. The molecule has 0 N–H and O–H groups in total. The van der Waals surface area contributed by atoms with Crippen molar-refractivity contribution in [2.24, 2.45) is 0 Å². The third-order valence-corrected chi connectivity index (χ3v) is 23.1. The largest absolute Gasteiger partial charge is 0.486 e. The predicted octanol–water partition coefficient (Wildman–Crippen LogP) is 23.9. The maximum Gasteiger partial charge on any atom is 0.328 e. The summed E-state index contributed by atoms with van der Waals surface area (Å²) in [5.41, 5.74) is 9.44. The van der Waals surface area contributed by atoms with Crippen LogP contribution in [-0.4, -0.2) is 54.8 Å². The lowest BCUT2D eigenvalue weighted by molar-refractivity contribution is 0.233. The van der Waals surface area contributed by atoms with Crippen LogP contribution in [0.1, 0.15) is 206 Å².